The second-order valence-corrected chi connectivity index (χ2v) is 5.93. The van der Waals surface area contributed by atoms with Crippen molar-refractivity contribution >= 4 is 5.91 Å². The van der Waals surface area contributed by atoms with E-state index in [2.05, 4.69) is 12.2 Å². The third-order valence-electron chi connectivity index (χ3n) is 4.11. The first-order chi connectivity index (χ1) is 13.1. The number of ether oxygens (including phenoxy) is 4. The second-order valence-electron chi connectivity index (χ2n) is 5.93. The van der Waals surface area contributed by atoms with Crippen molar-refractivity contribution in [2.75, 3.05) is 27.9 Å². The van der Waals surface area contributed by atoms with E-state index in [1.165, 1.54) is 0 Å². The van der Waals surface area contributed by atoms with E-state index in [4.69, 9.17) is 18.9 Å². The molecule has 0 heterocycles. The van der Waals surface area contributed by atoms with Gasteiger partial charge in [0.2, 0.25) is 0 Å². The summed E-state index contributed by atoms with van der Waals surface area (Å²) in [6.45, 7) is 3.10. The Labute approximate surface area is 160 Å². The molecule has 0 fully saturated rings. The molecule has 6 heteroatoms. The molecule has 0 atom stereocenters. The van der Waals surface area contributed by atoms with Crippen LogP contribution >= 0.6 is 0 Å². The summed E-state index contributed by atoms with van der Waals surface area (Å²) >= 11 is 0. The Bertz CT molecular complexity index is 743. The minimum Gasteiger partial charge on any atom is -0.496 e. The van der Waals surface area contributed by atoms with Crippen LogP contribution in [0.3, 0.4) is 0 Å². The van der Waals surface area contributed by atoms with Crippen LogP contribution in [0, 0.1) is 0 Å². The minimum atomic E-state index is -0.174. The van der Waals surface area contributed by atoms with Crippen molar-refractivity contribution in [3.63, 3.8) is 0 Å². The topological polar surface area (TPSA) is 66.0 Å². The van der Waals surface area contributed by atoms with Gasteiger partial charge in [0.1, 0.15) is 11.5 Å². The van der Waals surface area contributed by atoms with Gasteiger partial charge in [-0.25, -0.2) is 0 Å². The summed E-state index contributed by atoms with van der Waals surface area (Å²) in [5, 5.41) is 2.89. The minimum absolute atomic E-state index is 0.174. The average Bonchev–Trinajstić information content (AvgIpc) is 2.71. The van der Waals surface area contributed by atoms with Crippen molar-refractivity contribution in [1.82, 2.24) is 5.32 Å². The Kier molecular flexibility index (Phi) is 7.79. The quantitative estimate of drug-likeness (QED) is 0.641. The van der Waals surface area contributed by atoms with E-state index < -0.39 is 0 Å². The zero-order valence-corrected chi connectivity index (χ0v) is 16.3. The van der Waals surface area contributed by atoms with Crippen molar-refractivity contribution in [3.05, 3.63) is 47.5 Å². The van der Waals surface area contributed by atoms with Gasteiger partial charge in [0, 0.05) is 23.7 Å². The highest BCUT2D eigenvalue weighted by Crippen LogP contribution is 2.34. The molecule has 2 aromatic carbocycles. The number of benzene rings is 2. The van der Waals surface area contributed by atoms with E-state index in [1.807, 2.05) is 12.1 Å². The second kappa shape index (κ2) is 10.3. The zero-order valence-electron chi connectivity index (χ0n) is 16.3. The van der Waals surface area contributed by atoms with Gasteiger partial charge in [0.15, 0.2) is 11.5 Å². The Hall–Kier alpha value is -2.89. The molecule has 0 aromatic heterocycles. The molecule has 27 heavy (non-hydrogen) atoms. The van der Waals surface area contributed by atoms with Gasteiger partial charge in [0.25, 0.3) is 5.91 Å². The molecule has 0 spiro atoms. The lowest BCUT2D eigenvalue weighted by molar-refractivity contribution is 0.0950. The first kappa shape index (κ1) is 20.4. The molecule has 146 valence electrons. The number of carbonyl (C=O) groups excluding carboxylic acids is 1. The lowest BCUT2D eigenvalue weighted by Gasteiger charge is -2.14. The van der Waals surface area contributed by atoms with Gasteiger partial charge < -0.3 is 24.3 Å². The summed E-state index contributed by atoms with van der Waals surface area (Å²) in [6, 6.07) is 10.7. The number of unbranched alkanes of at least 4 members (excludes halogenated alkanes) is 1. The summed E-state index contributed by atoms with van der Waals surface area (Å²) in [4.78, 5) is 12.4. The van der Waals surface area contributed by atoms with Gasteiger partial charge >= 0.3 is 0 Å². The SMILES string of the molecule is CCCCOc1ccc(C(=O)NCc2cc(OC)c(OC)cc2OC)cc1. The van der Waals surface area contributed by atoms with E-state index in [0.717, 1.165) is 24.2 Å². The molecule has 0 saturated carbocycles. The lowest BCUT2D eigenvalue weighted by Crippen LogP contribution is -2.23. The molecule has 0 saturated heterocycles. The maximum Gasteiger partial charge on any atom is 0.251 e. The maximum atomic E-state index is 12.4. The van der Waals surface area contributed by atoms with Gasteiger partial charge in [0.05, 0.1) is 27.9 Å². The van der Waals surface area contributed by atoms with E-state index in [0.29, 0.717) is 36.0 Å². The molecule has 0 radical (unpaired) electrons. The maximum absolute atomic E-state index is 12.4. The predicted molar refractivity (Wildman–Crippen MR) is 104 cm³/mol. The first-order valence-corrected chi connectivity index (χ1v) is 8.92. The highest BCUT2D eigenvalue weighted by molar-refractivity contribution is 5.94. The number of methoxy groups -OCH3 is 3. The smallest absolute Gasteiger partial charge is 0.251 e. The highest BCUT2D eigenvalue weighted by Gasteiger charge is 2.13. The summed E-state index contributed by atoms with van der Waals surface area (Å²) in [5.74, 6) is 2.36. The molecule has 0 bridgehead atoms. The van der Waals surface area contributed by atoms with Crippen LogP contribution in [-0.4, -0.2) is 33.8 Å². The van der Waals surface area contributed by atoms with Gasteiger partial charge in [-0.3, -0.25) is 4.79 Å². The standard InChI is InChI=1S/C21H27NO5/c1-5-6-11-27-17-9-7-15(8-10-17)21(23)22-14-16-12-19(25-3)20(26-4)13-18(16)24-2/h7-10,12-13H,5-6,11,14H2,1-4H3,(H,22,23). The van der Waals surface area contributed by atoms with Crippen LogP contribution < -0.4 is 24.3 Å². The van der Waals surface area contributed by atoms with E-state index in [1.54, 1.807) is 45.6 Å². The van der Waals surface area contributed by atoms with Crippen LogP contribution in [0.4, 0.5) is 0 Å². The van der Waals surface area contributed by atoms with Crippen LogP contribution in [-0.2, 0) is 6.54 Å². The number of amides is 1. The van der Waals surface area contributed by atoms with Crippen molar-refractivity contribution in [2.45, 2.75) is 26.3 Å². The van der Waals surface area contributed by atoms with Crippen molar-refractivity contribution in [1.29, 1.82) is 0 Å². The molecule has 0 aliphatic carbocycles. The third-order valence-corrected chi connectivity index (χ3v) is 4.11. The summed E-state index contributed by atoms with van der Waals surface area (Å²) in [6.07, 6.45) is 2.09. The number of nitrogens with one attached hydrogen (secondary N) is 1. The van der Waals surface area contributed by atoms with Gasteiger partial charge in [-0.2, -0.15) is 0 Å². The summed E-state index contributed by atoms with van der Waals surface area (Å²) in [5.41, 5.74) is 1.36. The van der Waals surface area contributed by atoms with Crippen molar-refractivity contribution < 1.29 is 23.7 Å². The first-order valence-electron chi connectivity index (χ1n) is 8.92. The number of carbonyl (C=O) groups is 1. The fourth-order valence-electron chi connectivity index (χ4n) is 2.55. The van der Waals surface area contributed by atoms with Crippen LogP contribution in [0.25, 0.3) is 0 Å². The van der Waals surface area contributed by atoms with Gasteiger partial charge in [-0.05, 0) is 36.8 Å². The Morgan fingerprint density at radius 1 is 0.926 bits per heavy atom. The molecule has 6 nitrogen and oxygen atoms in total. The molecule has 0 aliphatic rings. The molecule has 2 rings (SSSR count). The highest BCUT2D eigenvalue weighted by atomic mass is 16.5. The largest absolute Gasteiger partial charge is 0.496 e. The number of hydrogen-bond donors (Lipinski definition) is 1. The zero-order chi connectivity index (χ0) is 19.6. The lowest BCUT2D eigenvalue weighted by atomic mass is 10.1. The molecule has 2 aromatic rings. The Balaban J connectivity index is 2.02. The predicted octanol–water partition coefficient (Wildman–Crippen LogP) is 3.82. The Morgan fingerprint density at radius 2 is 1.56 bits per heavy atom. The van der Waals surface area contributed by atoms with Gasteiger partial charge in [-0.1, -0.05) is 13.3 Å². The molecular weight excluding hydrogens is 346 g/mol. The van der Waals surface area contributed by atoms with Crippen LogP contribution in [0.1, 0.15) is 35.7 Å². The Morgan fingerprint density at radius 3 is 2.15 bits per heavy atom. The molecule has 1 N–H and O–H groups in total. The molecule has 0 unspecified atom stereocenters. The van der Waals surface area contributed by atoms with Crippen LogP contribution in [0.2, 0.25) is 0 Å². The molecule has 1 amide bonds. The normalized spacial score (nSPS) is 10.2. The fourth-order valence-corrected chi connectivity index (χ4v) is 2.55. The third kappa shape index (κ3) is 5.54. The monoisotopic (exact) mass is 373 g/mol. The van der Waals surface area contributed by atoms with Gasteiger partial charge in [-0.15, -0.1) is 0 Å². The average molecular weight is 373 g/mol. The van der Waals surface area contributed by atoms with Crippen LogP contribution in [0.5, 0.6) is 23.0 Å². The molecular formula is C21H27NO5. The summed E-state index contributed by atoms with van der Waals surface area (Å²) in [7, 11) is 4.70. The number of rotatable bonds is 10. The van der Waals surface area contributed by atoms with E-state index in [-0.39, 0.29) is 5.91 Å². The molecule has 0 aliphatic heterocycles. The van der Waals surface area contributed by atoms with E-state index in [9.17, 15) is 4.79 Å². The summed E-state index contributed by atoms with van der Waals surface area (Å²) < 4.78 is 21.6. The van der Waals surface area contributed by atoms with Crippen LogP contribution in [0.15, 0.2) is 36.4 Å². The van der Waals surface area contributed by atoms with Crippen molar-refractivity contribution in [3.8, 4) is 23.0 Å². The number of hydrogen-bond acceptors (Lipinski definition) is 5. The van der Waals surface area contributed by atoms with E-state index >= 15 is 0 Å². The fraction of sp³-hybridized carbons (Fsp3) is 0.381. The van der Waals surface area contributed by atoms with Crippen molar-refractivity contribution in [2.24, 2.45) is 0 Å².